The Balaban J connectivity index is 2.62. The predicted molar refractivity (Wildman–Crippen MR) is 77.6 cm³/mol. The molecule has 0 aliphatic rings. The summed E-state index contributed by atoms with van der Waals surface area (Å²) in [7, 11) is 0. The predicted octanol–water partition coefficient (Wildman–Crippen LogP) is 3.52. The fraction of sp³-hybridized carbons (Fsp3) is 0.467. The van der Waals surface area contributed by atoms with Crippen molar-refractivity contribution in [2.45, 2.75) is 34.2 Å². The second kappa shape index (κ2) is 4.92. The van der Waals surface area contributed by atoms with Crippen molar-refractivity contribution in [3.8, 4) is 5.75 Å². The van der Waals surface area contributed by atoms with Gasteiger partial charge in [-0.1, -0.05) is 0 Å². The summed E-state index contributed by atoms with van der Waals surface area (Å²) in [4.78, 5) is 2.29. The molecule has 0 spiro atoms. The van der Waals surface area contributed by atoms with Gasteiger partial charge in [0.05, 0.1) is 11.2 Å². The fourth-order valence-corrected chi connectivity index (χ4v) is 2.65. The first-order valence-corrected chi connectivity index (χ1v) is 6.70. The maximum Gasteiger partial charge on any atom is 0.144 e. The molecular formula is C15H22N2O. The minimum atomic E-state index is 0.417. The largest absolute Gasteiger partial charge is 0.505 e. The highest BCUT2D eigenvalue weighted by Crippen LogP contribution is 2.34. The summed E-state index contributed by atoms with van der Waals surface area (Å²) < 4.78 is 2.15. The van der Waals surface area contributed by atoms with Crippen LogP contribution in [-0.4, -0.2) is 22.8 Å². The average molecular weight is 246 g/mol. The van der Waals surface area contributed by atoms with Gasteiger partial charge < -0.3 is 14.6 Å². The van der Waals surface area contributed by atoms with Crippen molar-refractivity contribution in [1.29, 1.82) is 0 Å². The first-order chi connectivity index (χ1) is 8.63. The Morgan fingerprint density at radius 1 is 1.17 bits per heavy atom. The Morgan fingerprint density at radius 2 is 1.83 bits per heavy atom. The number of hydrogen-bond donors (Lipinski definition) is 1. The lowest BCUT2D eigenvalue weighted by atomic mass is 10.2. The molecule has 1 aromatic carbocycles. The molecule has 1 aromatic heterocycles. The number of fused-ring (bicyclic) bond motifs is 1. The molecule has 0 aliphatic heterocycles. The Kier molecular flexibility index (Phi) is 3.50. The monoisotopic (exact) mass is 246 g/mol. The van der Waals surface area contributed by atoms with Crippen molar-refractivity contribution in [2.24, 2.45) is 0 Å². The van der Waals surface area contributed by atoms with Gasteiger partial charge in [-0.3, -0.25) is 0 Å². The molecule has 0 unspecified atom stereocenters. The van der Waals surface area contributed by atoms with E-state index < -0.39 is 0 Å². The molecule has 0 aliphatic carbocycles. The molecule has 3 nitrogen and oxygen atoms in total. The number of rotatable bonds is 4. The summed E-state index contributed by atoms with van der Waals surface area (Å²) in [6.45, 7) is 11.2. The van der Waals surface area contributed by atoms with Crippen LogP contribution in [0, 0.1) is 6.92 Å². The lowest BCUT2D eigenvalue weighted by molar-refractivity contribution is 0.473. The van der Waals surface area contributed by atoms with E-state index in [2.05, 4.69) is 48.4 Å². The molecule has 0 fully saturated rings. The second-order valence-corrected chi connectivity index (χ2v) is 4.55. The summed E-state index contributed by atoms with van der Waals surface area (Å²) in [6, 6.07) is 6.34. The van der Waals surface area contributed by atoms with E-state index in [9.17, 15) is 5.11 Å². The summed E-state index contributed by atoms with van der Waals surface area (Å²) >= 11 is 0. The molecule has 0 saturated heterocycles. The van der Waals surface area contributed by atoms with Gasteiger partial charge in [0.1, 0.15) is 5.75 Å². The first kappa shape index (κ1) is 12.8. The van der Waals surface area contributed by atoms with Gasteiger partial charge >= 0.3 is 0 Å². The van der Waals surface area contributed by atoms with Gasteiger partial charge in [0.15, 0.2) is 0 Å². The maximum atomic E-state index is 10.2. The summed E-state index contributed by atoms with van der Waals surface area (Å²) in [5.41, 5.74) is 3.24. The maximum absolute atomic E-state index is 10.2. The Bertz CT molecular complexity index is 553. The van der Waals surface area contributed by atoms with E-state index >= 15 is 0 Å². The third-order valence-electron chi connectivity index (χ3n) is 3.72. The van der Waals surface area contributed by atoms with Gasteiger partial charge in [0, 0.05) is 30.7 Å². The number of aromatic hydroxyl groups is 1. The smallest absolute Gasteiger partial charge is 0.144 e. The average Bonchev–Trinajstić information content (AvgIpc) is 2.63. The molecule has 2 aromatic rings. The van der Waals surface area contributed by atoms with Gasteiger partial charge in [-0.25, -0.2) is 0 Å². The number of benzene rings is 1. The van der Waals surface area contributed by atoms with Crippen LogP contribution in [0.4, 0.5) is 5.69 Å². The zero-order valence-corrected chi connectivity index (χ0v) is 11.7. The van der Waals surface area contributed by atoms with Crippen LogP contribution in [0.15, 0.2) is 18.2 Å². The summed E-state index contributed by atoms with van der Waals surface area (Å²) in [5, 5.41) is 11.2. The Morgan fingerprint density at radius 3 is 2.39 bits per heavy atom. The van der Waals surface area contributed by atoms with Gasteiger partial charge in [-0.2, -0.15) is 0 Å². The van der Waals surface area contributed by atoms with E-state index in [4.69, 9.17) is 0 Å². The van der Waals surface area contributed by atoms with Crippen molar-refractivity contribution in [2.75, 3.05) is 18.0 Å². The molecule has 18 heavy (non-hydrogen) atoms. The van der Waals surface area contributed by atoms with Crippen molar-refractivity contribution in [1.82, 2.24) is 4.57 Å². The molecule has 98 valence electrons. The molecule has 0 amide bonds. The minimum absolute atomic E-state index is 0.417. The van der Waals surface area contributed by atoms with Crippen LogP contribution in [0.5, 0.6) is 5.75 Å². The summed E-state index contributed by atoms with van der Waals surface area (Å²) in [6.07, 6.45) is 0. The van der Waals surface area contributed by atoms with E-state index in [0.717, 1.165) is 36.2 Å². The topological polar surface area (TPSA) is 28.4 Å². The third kappa shape index (κ3) is 1.84. The van der Waals surface area contributed by atoms with Gasteiger partial charge in [-0.05, 0) is 45.9 Å². The lowest BCUT2D eigenvalue weighted by Gasteiger charge is -2.21. The molecule has 0 radical (unpaired) electrons. The van der Waals surface area contributed by atoms with Crippen LogP contribution >= 0.6 is 0 Å². The van der Waals surface area contributed by atoms with E-state index in [1.165, 1.54) is 5.69 Å². The highest BCUT2D eigenvalue weighted by molar-refractivity contribution is 5.91. The van der Waals surface area contributed by atoms with E-state index in [1.54, 1.807) is 0 Å². The molecule has 0 saturated carbocycles. The number of anilines is 1. The highest BCUT2D eigenvalue weighted by Gasteiger charge is 2.13. The highest BCUT2D eigenvalue weighted by atomic mass is 16.3. The fourth-order valence-electron chi connectivity index (χ4n) is 2.65. The van der Waals surface area contributed by atoms with Crippen LogP contribution in [0.1, 0.15) is 26.5 Å². The zero-order chi connectivity index (χ0) is 13.3. The van der Waals surface area contributed by atoms with Crippen LogP contribution in [0.25, 0.3) is 10.9 Å². The van der Waals surface area contributed by atoms with E-state index in [-0.39, 0.29) is 0 Å². The number of aromatic nitrogens is 1. The van der Waals surface area contributed by atoms with Crippen LogP contribution in [-0.2, 0) is 6.54 Å². The Hall–Kier alpha value is -1.64. The van der Waals surface area contributed by atoms with Crippen LogP contribution in [0.2, 0.25) is 0 Å². The van der Waals surface area contributed by atoms with Crippen molar-refractivity contribution in [3.63, 3.8) is 0 Å². The van der Waals surface area contributed by atoms with Crippen molar-refractivity contribution < 1.29 is 5.11 Å². The summed E-state index contributed by atoms with van der Waals surface area (Å²) in [5.74, 6) is 0.417. The zero-order valence-electron chi connectivity index (χ0n) is 11.7. The lowest BCUT2D eigenvalue weighted by Crippen LogP contribution is -2.21. The molecule has 0 bridgehead atoms. The molecular weight excluding hydrogens is 224 g/mol. The SMILES string of the molecule is CCN(CC)c1ccc2c(c1)c(O)c(C)n2CC. The first-order valence-electron chi connectivity index (χ1n) is 6.70. The normalized spacial score (nSPS) is 11.1. The number of hydrogen-bond acceptors (Lipinski definition) is 2. The standard InChI is InChI=1S/C15H22N2O/c1-5-16(6-2)12-8-9-14-13(10-12)15(18)11(4)17(14)7-3/h8-10,18H,5-7H2,1-4H3. The molecule has 1 heterocycles. The van der Waals surface area contributed by atoms with Crippen LogP contribution < -0.4 is 4.90 Å². The molecule has 2 rings (SSSR count). The number of aryl methyl sites for hydroxylation is 1. The third-order valence-corrected chi connectivity index (χ3v) is 3.72. The second-order valence-electron chi connectivity index (χ2n) is 4.55. The van der Waals surface area contributed by atoms with E-state index in [0.29, 0.717) is 5.75 Å². The van der Waals surface area contributed by atoms with Crippen molar-refractivity contribution >= 4 is 16.6 Å². The van der Waals surface area contributed by atoms with Gasteiger partial charge in [0.2, 0.25) is 0 Å². The van der Waals surface area contributed by atoms with Gasteiger partial charge in [0.25, 0.3) is 0 Å². The minimum Gasteiger partial charge on any atom is -0.505 e. The van der Waals surface area contributed by atoms with Crippen molar-refractivity contribution in [3.05, 3.63) is 23.9 Å². The van der Waals surface area contributed by atoms with Gasteiger partial charge in [-0.15, -0.1) is 0 Å². The molecule has 0 atom stereocenters. The number of nitrogens with zero attached hydrogens (tertiary/aromatic N) is 2. The molecule has 3 heteroatoms. The quantitative estimate of drug-likeness (QED) is 0.894. The molecule has 1 N–H and O–H groups in total. The van der Waals surface area contributed by atoms with E-state index in [1.807, 2.05) is 6.92 Å². The van der Waals surface area contributed by atoms with Crippen LogP contribution in [0.3, 0.4) is 0 Å². The Labute approximate surface area is 109 Å².